The molecule has 0 atom stereocenters. The number of rotatable bonds is 7. The molecular weight excluding hydrogens is 186 g/mol. The predicted octanol–water partition coefficient (Wildman–Crippen LogP) is 2.68. The van der Waals surface area contributed by atoms with Crippen LogP contribution in [0.25, 0.3) is 0 Å². The fourth-order valence-corrected chi connectivity index (χ4v) is 1.62. The first-order valence-electron chi connectivity index (χ1n) is 5.79. The minimum atomic E-state index is 0.273. The molecule has 1 N–H and O–H groups in total. The molecule has 0 aliphatic heterocycles. The van der Waals surface area contributed by atoms with Crippen LogP contribution in [0, 0.1) is 0 Å². The summed E-state index contributed by atoms with van der Waals surface area (Å²) in [4.78, 5) is 2.35. The average Bonchev–Trinajstić information content (AvgIpc) is 2.30. The molecule has 0 aliphatic carbocycles. The summed E-state index contributed by atoms with van der Waals surface area (Å²) in [5, 5.41) is 8.86. The maximum Gasteiger partial charge on any atom is 0.0447 e. The van der Waals surface area contributed by atoms with Gasteiger partial charge in [0.05, 0.1) is 0 Å². The Labute approximate surface area is 92.5 Å². The Morgan fingerprint density at radius 3 is 2.33 bits per heavy atom. The van der Waals surface area contributed by atoms with Crippen molar-refractivity contribution in [3.05, 3.63) is 30.3 Å². The first-order chi connectivity index (χ1) is 7.38. The molecule has 0 unspecified atom stereocenters. The van der Waals surface area contributed by atoms with E-state index in [-0.39, 0.29) is 6.61 Å². The van der Waals surface area contributed by atoms with Gasteiger partial charge in [0.1, 0.15) is 0 Å². The third-order valence-electron chi connectivity index (χ3n) is 2.49. The van der Waals surface area contributed by atoms with E-state index < -0.39 is 0 Å². The van der Waals surface area contributed by atoms with E-state index in [1.807, 2.05) is 6.07 Å². The highest BCUT2D eigenvalue weighted by molar-refractivity contribution is 5.45. The van der Waals surface area contributed by atoms with Gasteiger partial charge in [0.15, 0.2) is 0 Å². The molecule has 1 aromatic rings. The third kappa shape index (κ3) is 4.34. The molecule has 0 heterocycles. The molecule has 15 heavy (non-hydrogen) atoms. The highest BCUT2D eigenvalue weighted by atomic mass is 16.3. The number of unbranched alkanes of at least 4 members (excludes halogenated alkanes) is 1. The number of anilines is 1. The van der Waals surface area contributed by atoms with E-state index in [0.717, 1.165) is 19.5 Å². The van der Waals surface area contributed by atoms with Crippen LogP contribution in [-0.4, -0.2) is 24.8 Å². The van der Waals surface area contributed by atoms with Crippen molar-refractivity contribution in [2.45, 2.75) is 26.2 Å². The molecular formula is C13H21NO. The van der Waals surface area contributed by atoms with Gasteiger partial charge in [-0.15, -0.1) is 0 Å². The maximum atomic E-state index is 8.86. The van der Waals surface area contributed by atoms with Gasteiger partial charge >= 0.3 is 0 Å². The van der Waals surface area contributed by atoms with E-state index in [2.05, 4.69) is 36.1 Å². The first kappa shape index (κ1) is 12.1. The number of aliphatic hydroxyl groups is 1. The van der Waals surface area contributed by atoms with Crippen molar-refractivity contribution in [1.29, 1.82) is 0 Å². The van der Waals surface area contributed by atoms with Gasteiger partial charge in [-0.2, -0.15) is 0 Å². The lowest BCUT2D eigenvalue weighted by Gasteiger charge is -2.24. The Kier molecular flexibility index (Phi) is 5.86. The minimum absolute atomic E-state index is 0.273. The number of benzene rings is 1. The fraction of sp³-hybridized carbons (Fsp3) is 0.538. The molecule has 0 fully saturated rings. The second-order valence-corrected chi connectivity index (χ2v) is 3.75. The highest BCUT2D eigenvalue weighted by Crippen LogP contribution is 2.14. The highest BCUT2D eigenvalue weighted by Gasteiger charge is 2.03. The van der Waals surface area contributed by atoms with Gasteiger partial charge < -0.3 is 10.0 Å². The van der Waals surface area contributed by atoms with E-state index in [4.69, 9.17) is 5.11 Å². The predicted molar refractivity (Wildman–Crippen MR) is 65.3 cm³/mol. The van der Waals surface area contributed by atoms with Crippen molar-refractivity contribution >= 4 is 5.69 Å². The van der Waals surface area contributed by atoms with E-state index >= 15 is 0 Å². The van der Waals surface area contributed by atoms with Crippen LogP contribution in [0.4, 0.5) is 5.69 Å². The van der Waals surface area contributed by atoms with Gasteiger partial charge in [-0.3, -0.25) is 0 Å². The standard InChI is InChI=1S/C13H21NO/c1-2-3-10-14(11-7-12-15)13-8-5-4-6-9-13/h4-6,8-9,15H,2-3,7,10-12H2,1H3. The van der Waals surface area contributed by atoms with Crippen LogP contribution in [0.15, 0.2) is 30.3 Å². The van der Waals surface area contributed by atoms with E-state index in [1.165, 1.54) is 18.5 Å². The minimum Gasteiger partial charge on any atom is -0.396 e. The zero-order valence-corrected chi connectivity index (χ0v) is 9.52. The summed E-state index contributed by atoms with van der Waals surface area (Å²) in [6.07, 6.45) is 3.27. The fourth-order valence-electron chi connectivity index (χ4n) is 1.62. The SMILES string of the molecule is CCCCN(CCCO)c1ccccc1. The molecule has 0 spiro atoms. The molecule has 0 radical (unpaired) electrons. The van der Waals surface area contributed by atoms with Crippen molar-refractivity contribution in [2.75, 3.05) is 24.6 Å². The van der Waals surface area contributed by atoms with E-state index in [1.54, 1.807) is 0 Å². The molecule has 2 heteroatoms. The molecule has 0 saturated heterocycles. The Hall–Kier alpha value is -1.02. The summed E-state index contributed by atoms with van der Waals surface area (Å²) in [5.74, 6) is 0. The van der Waals surface area contributed by atoms with Crippen molar-refractivity contribution in [3.8, 4) is 0 Å². The quantitative estimate of drug-likeness (QED) is 0.743. The lowest BCUT2D eigenvalue weighted by molar-refractivity contribution is 0.289. The van der Waals surface area contributed by atoms with Gasteiger partial charge in [0.2, 0.25) is 0 Å². The second kappa shape index (κ2) is 7.30. The monoisotopic (exact) mass is 207 g/mol. The molecule has 84 valence electrons. The number of hydrogen-bond donors (Lipinski definition) is 1. The Morgan fingerprint density at radius 1 is 1.07 bits per heavy atom. The van der Waals surface area contributed by atoms with Crippen LogP contribution in [0.2, 0.25) is 0 Å². The second-order valence-electron chi connectivity index (χ2n) is 3.75. The first-order valence-corrected chi connectivity index (χ1v) is 5.79. The van der Waals surface area contributed by atoms with Gasteiger partial charge in [-0.1, -0.05) is 31.5 Å². The molecule has 0 bridgehead atoms. The molecule has 2 nitrogen and oxygen atoms in total. The molecule has 0 aliphatic rings. The van der Waals surface area contributed by atoms with Crippen molar-refractivity contribution in [1.82, 2.24) is 0 Å². The van der Waals surface area contributed by atoms with Gasteiger partial charge in [-0.25, -0.2) is 0 Å². The Bertz CT molecular complexity index is 240. The molecule has 0 saturated carbocycles. The van der Waals surface area contributed by atoms with Crippen LogP contribution in [0.1, 0.15) is 26.2 Å². The summed E-state index contributed by atoms with van der Waals surface area (Å²) in [7, 11) is 0. The molecule has 0 aromatic heterocycles. The van der Waals surface area contributed by atoms with Crippen molar-refractivity contribution in [2.24, 2.45) is 0 Å². The normalized spacial score (nSPS) is 10.3. The Balaban J connectivity index is 2.55. The van der Waals surface area contributed by atoms with Crippen molar-refractivity contribution < 1.29 is 5.11 Å². The van der Waals surface area contributed by atoms with Crippen LogP contribution in [0.3, 0.4) is 0 Å². The summed E-state index contributed by atoms with van der Waals surface area (Å²) < 4.78 is 0. The van der Waals surface area contributed by atoms with E-state index in [0.29, 0.717) is 0 Å². The molecule has 1 rings (SSSR count). The number of hydrogen-bond acceptors (Lipinski definition) is 2. The Morgan fingerprint density at radius 2 is 1.73 bits per heavy atom. The summed E-state index contributed by atoms with van der Waals surface area (Å²) >= 11 is 0. The van der Waals surface area contributed by atoms with Crippen LogP contribution in [0.5, 0.6) is 0 Å². The summed E-state index contributed by atoms with van der Waals surface area (Å²) in [5.41, 5.74) is 1.26. The lowest BCUT2D eigenvalue weighted by Crippen LogP contribution is -2.26. The van der Waals surface area contributed by atoms with Crippen LogP contribution < -0.4 is 4.90 Å². The van der Waals surface area contributed by atoms with Crippen LogP contribution in [-0.2, 0) is 0 Å². The van der Waals surface area contributed by atoms with Crippen molar-refractivity contribution in [3.63, 3.8) is 0 Å². The van der Waals surface area contributed by atoms with Gasteiger partial charge in [0.25, 0.3) is 0 Å². The van der Waals surface area contributed by atoms with Gasteiger partial charge in [0, 0.05) is 25.4 Å². The lowest BCUT2D eigenvalue weighted by atomic mass is 10.2. The van der Waals surface area contributed by atoms with Crippen LogP contribution >= 0.6 is 0 Å². The molecule has 0 amide bonds. The van der Waals surface area contributed by atoms with Gasteiger partial charge in [-0.05, 0) is 25.0 Å². The number of nitrogens with zero attached hydrogens (tertiary/aromatic N) is 1. The zero-order valence-electron chi connectivity index (χ0n) is 9.52. The topological polar surface area (TPSA) is 23.5 Å². The zero-order chi connectivity index (χ0) is 10.9. The maximum absolute atomic E-state index is 8.86. The number of para-hydroxylation sites is 1. The largest absolute Gasteiger partial charge is 0.396 e. The summed E-state index contributed by atoms with van der Waals surface area (Å²) in [6, 6.07) is 10.4. The summed E-state index contributed by atoms with van der Waals surface area (Å²) in [6.45, 7) is 4.51. The smallest absolute Gasteiger partial charge is 0.0447 e. The number of aliphatic hydroxyl groups excluding tert-OH is 1. The third-order valence-corrected chi connectivity index (χ3v) is 2.49. The molecule has 1 aromatic carbocycles. The average molecular weight is 207 g/mol. The van der Waals surface area contributed by atoms with E-state index in [9.17, 15) is 0 Å².